The van der Waals surface area contributed by atoms with E-state index in [0.29, 0.717) is 0 Å². The van der Waals surface area contributed by atoms with Crippen molar-refractivity contribution in [2.75, 3.05) is 0 Å². The molecule has 0 aromatic carbocycles. The van der Waals surface area contributed by atoms with E-state index in [0.717, 1.165) is 0 Å². The molecule has 0 fully saturated rings. The van der Waals surface area contributed by atoms with Crippen LogP contribution in [0.25, 0.3) is 0 Å². The van der Waals surface area contributed by atoms with E-state index in [1.54, 1.807) is 0 Å². The van der Waals surface area contributed by atoms with E-state index >= 15 is 0 Å². The zero-order valence-corrected chi connectivity index (χ0v) is 19.6. The summed E-state index contributed by atoms with van der Waals surface area (Å²) in [7, 11) is 0. The van der Waals surface area contributed by atoms with E-state index in [9.17, 15) is 0 Å². The standard InChI is InChI=1S/CHN.5CN.Fe.3K/c6*1-2;;;;/h2H;;;;;;;;;/q;5*-1;+6;;;. The van der Waals surface area contributed by atoms with Gasteiger partial charge in [0, 0.05) is 154 Å². The Bertz CT molecular complexity index is 103. The second-order valence-corrected chi connectivity index (χ2v) is 0. The number of hydrogen-bond acceptors (Lipinski definition) is 5. The molecule has 0 rings (SSSR count). The van der Waals surface area contributed by atoms with Gasteiger partial charge < -0.3 is 64.4 Å². The van der Waals surface area contributed by atoms with Crippen LogP contribution in [-0.4, -0.2) is 154 Å². The van der Waals surface area contributed by atoms with Crippen molar-refractivity contribution in [1.29, 1.82) is 26.3 Å². The van der Waals surface area contributed by atoms with Gasteiger partial charge in [0.1, 0.15) is 0 Å². The first-order chi connectivity index (χ1) is 6.00. The molecule has 0 saturated carbocycles. The molecule has 0 aliphatic rings. The second-order valence-electron chi connectivity index (χ2n) is 0. The summed E-state index contributed by atoms with van der Waals surface area (Å²) in [6.07, 6.45) is 0. The van der Waals surface area contributed by atoms with Gasteiger partial charge in [-0.15, -0.1) is 0 Å². The molecular formula is C6HFeK3N6+. The van der Waals surface area contributed by atoms with Gasteiger partial charge in [-0.3, -0.25) is 0 Å². The molecule has 0 spiro atoms. The normalized spacial score (nSPS) is 0.750. The summed E-state index contributed by atoms with van der Waals surface area (Å²) in [6, 6.07) is 0. The Kier molecular flexibility index (Phi) is 4100. The molecule has 3 radical (unpaired) electrons. The first-order valence-electron chi connectivity index (χ1n) is 1.37. The number of nitrogens with zero attached hydrogens (tertiary/aromatic N) is 5. The monoisotopic (exact) mass is 330 g/mol. The maximum Gasteiger partial charge on any atom is 6.00 e. The average molecular weight is 330 g/mol. The molecule has 0 atom stereocenters. The van der Waals surface area contributed by atoms with Crippen LogP contribution in [0.3, 0.4) is 0 Å². The van der Waals surface area contributed by atoms with Gasteiger partial charge in [-0.25, -0.2) is 6.57 Å². The van der Waals surface area contributed by atoms with Crippen molar-refractivity contribution in [3.63, 3.8) is 0 Å². The fraction of sp³-hybridized carbons (Fsp3) is 0. The van der Waals surface area contributed by atoms with Crippen LogP contribution in [0.5, 0.6) is 0 Å². The maximum atomic E-state index is 6.25. The van der Waals surface area contributed by atoms with E-state index in [1.165, 1.54) is 0 Å². The fourth-order valence-corrected chi connectivity index (χ4v) is 0. The van der Waals surface area contributed by atoms with Crippen molar-refractivity contribution in [2.24, 2.45) is 0 Å². The first kappa shape index (κ1) is 79.1. The van der Waals surface area contributed by atoms with Crippen molar-refractivity contribution in [2.45, 2.75) is 0 Å². The zero-order chi connectivity index (χ0) is 12.0. The predicted octanol–water partition coefficient (Wildman–Crippen LogP) is -2.32. The van der Waals surface area contributed by atoms with Crippen LogP contribution >= 0.6 is 0 Å². The Hall–Kier alpha value is 2.37. The number of rotatable bonds is 0. The Morgan fingerprint density at radius 1 is 0.438 bits per heavy atom. The third-order valence-electron chi connectivity index (χ3n) is 0. The van der Waals surface area contributed by atoms with Crippen molar-refractivity contribution < 1.29 is 22.3 Å². The molecule has 0 aromatic heterocycles. The molecule has 6 nitrogen and oxygen atoms in total. The average Bonchev–Trinajstić information content (AvgIpc) is 2.33. The third kappa shape index (κ3) is 689. The van der Waals surface area contributed by atoms with Crippen LogP contribution in [0.2, 0.25) is 0 Å². The molecule has 0 bridgehead atoms. The van der Waals surface area contributed by atoms with Crippen LogP contribution in [0.1, 0.15) is 0 Å². The zero-order valence-electron chi connectivity index (χ0n) is 9.09. The van der Waals surface area contributed by atoms with E-state index in [2.05, 4.69) is 0 Å². The molecule has 0 aliphatic carbocycles. The van der Waals surface area contributed by atoms with Crippen molar-refractivity contribution in [3.05, 3.63) is 39.4 Å². The summed E-state index contributed by atoms with van der Waals surface area (Å²) < 4.78 is 0. The van der Waals surface area contributed by atoms with Crippen LogP contribution in [-0.2, 0) is 17.1 Å². The molecule has 0 aromatic rings. The quantitative estimate of drug-likeness (QED) is 0.392. The first-order valence-corrected chi connectivity index (χ1v) is 1.37. The minimum Gasteiger partial charge on any atom is -0.512 e. The smallest absolute Gasteiger partial charge is 0.512 e. The van der Waals surface area contributed by atoms with E-state index in [-0.39, 0.29) is 171 Å². The molecular weight excluding hydrogens is 329 g/mol. The summed E-state index contributed by atoms with van der Waals surface area (Å²) in [5, 5.41) is 36.2. The maximum absolute atomic E-state index is 6.25. The van der Waals surface area contributed by atoms with Gasteiger partial charge in [-0.2, -0.15) is 0 Å². The molecule has 0 heterocycles. The van der Waals surface area contributed by atoms with E-state index < -0.39 is 0 Å². The molecule has 10 heteroatoms. The largest absolute Gasteiger partial charge is 6.00 e. The molecule has 0 saturated heterocycles. The van der Waals surface area contributed by atoms with Crippen molar-refractivity contribution in [3.8, 4) is 0 Å². The van der Waals surface area contributed by atoms with Gasteiger partial charge in [0.15, 0.2) is 0 Å². The SMILES string of the molecule is [C-]#N.[C-]#N.[C-]#N.[C-]#N.[C-]#N.[C-]#[NH+].[Fe+6].[K].[K].[K]. The van der Waals surface area contributed by atoms with Gasteiger partial charge in [0.2, 0.25) is 0 Å². The van der Waals surface area contributed by atoms with Crippen molar-refractivity contribution >= 4 is 154 Å². The molecule has 0 amide bonds. The van der Waals surface area contributed by atoms with E-state index in [1.807, 2.05) is 0 Å². The topological polar surface area (TPSA) is 143 Å². The summed E-state index contributed by atoms with van der Waals surface area (Å²) >= 11 is 0. The van der Waals surface area contributed by atoms with Gasteiger partial charge in [-0.1, -0.05) is 0 Å². The van der Waals surface area contributed by atoms with Crippen LogP contribution in [0.4, 0.5) is 0 Å². The fourth-order valence-electron chi connectivity index (χ4n) is 0. The second kappa shape index (κ2) is 829. The van der Waals surface area contributed by atoms with Gasteiger partial charge >= 0.3 is 17.1 Å². The molecule has 0 unspecified atom stereocenters. The van der Waals surface area contributed by atoms with Crippen LogP contribution in [0, 0.1) is 65.7 Å². The minimum absolute atomic E-state index is 0. The van der Waals surface area contributed by atoms with E-state index in [4.69, 9.17) is 71.0 Å². The van der Waals surface area contributed by atoms with Gasteiger partial charge in [-0.05, 0) is 0 Å². The third-order valence-corrected chi connectivity index (χ3v) is 0. The molecule has 65 valence electrons. The molecule has 0 aliphatic heterocycles. The Labute approximate surface area is 235 Å². The van der Waals surface area contributed by atoms with Crippen LogP contribution < -0.4 is 5.26 Å². The Balaban J connectivity index is -0.00000000321. The molecule has 16 heavy (non-hydrogen) atoms. The molecule has 1 N–H and O–H groups in total. The summed E-state index contributed by atoms with van der Waals surface area (Å²) in [4.78, 5) is 0. The minimum atomic E-state index is 0. The predicted molar refractivity (Wildman–Crippen MR) is 46.3 cm³/mol. The van der Waals surface area contributed by atoms with Crippen molar-refractivity contribution in [1.82, 2.24) is 0 Å². The van der Waals surface area contributed by atoms with Gasteiger partial charge in [0.25, 0.3) is 0 Å². The summed E-state index contributed by atoms with van der Waals surface area (Å²) in [5.74, 6) is 0. The summed E-state index contributed by atoms with van der Waals surface area (Å²) in [6.45, 7) is 28.8. The number of nitrogens with one attached hydrogen (secondary N) is 1. The van der Waals surface area contributed by atoms with Crippen LogP contribution in [0.15, 0.2) is 0 Å². The number of hydrogen-bond donors (Lipinski definition) is 1. The Morgan fingerprint density at radius 3 is 0.438 bits per heavy atom. The summed E-state index contributed by atoms with van der Waals surface area (Å²) in [5.41, 5.74) is 0. The Morgan fingerprint density at radius 2 is 0.438 bits per heavy atom. The van der Waals surface area contributed by atoms with Gasteiger partial charge in [0.05, 0.1) is 0 Å².